The smallest absolute Gasteiger partial charge is 0.125 e. The van der Waals surface area contributed by atoms with Gasteiger partial charge in [-0.1, -0.05) is 68.4 Å². The van der Waals surface area contributed by atoms with Crippen molar-refractivity contribution in [2.45, 2.75) is 26.3 Å². The summed E-state index contributed by atoms with van der Waals surface area (Å²) in [6.45, 7) is 5.01. The highest BCUT2D eigenvalue weighted by molar-refractivity contribution is 5.97. The lowest BCUT2D eigenvalue weighted by atomic mass is 10.0. The summed E-state index contributed by atoms with van der Waals surface area (Å²) < 4.78 is 0. The average molecular weight is 252 g/mol. The molecule has 0 bridgehead atoms. The fraction of sp³-hybridized carbons (Fsp3) is 0.235. The molecule has 0 heterocycles. The Morgan fingerprint density at radius 2 is 1.63 bits per heavy atom. The maximum atomic E-state index is 5.97. The van der Waals surface area contributed by atoms with Crippen molar-refractivity contribution < 1.29 is 0 Å². The minimum absolute atomic E-state index is 0.562. The molecule has 0 radical (unpaired) electrons. The van der Waals surface area contributed by atoms with Gasteiger partial charge in [0.05, 0.1) is 6.54 Å². The van der Waals surface area contributed by atoms with Gasteiger partial charge in [0.25, 0.3) is 0 Å². The summed E-state index contributed by atoms with van der Waals surface area (Å²) in [6.07, 6.45) is 0. The fourth-order valence-corrected chi connectivity index (χ4v) is 1.88. The first-order valence-corrected chi connectivity index (χ1v) is 6.61. The highest BCUT2D eigenvalue weighted by Crippen LogP contribution is 2.15. The third kappa shape index (κ3) is 3.68. The van der Waals surface area contributed by atoms with Crippen LogP contribution >= 0.6 is 0 Å². The van der Waals surface area contributed by atoms with Crippen LogP contribution in [0.1, 0.15) is 36.5 Å². The lowest BCUT2D eigenvalue weighted by Gasteiger charge is -2.06. The van der Waals surface area contributed by atoms with Gasteiger partial charge < -0.3 is 5.73 Å². The van der Waals surface area contributed by atoms with Gasteiger partial charge in [-0.3, -0.25) is 4.99 Å². The zero-order valence-electron chi connectivity index (χ0n) is 11.5. The molecule has 0 fully saturated rings. The molecule has 2 aromatic rings. The van der Waals surface area contributed by atoms with Crippen LogP contribution in [0, 0.1) is 0 Å². The van der Waals surface area contributed by atoms with Crippen molar-refractivity contribution in [3.8, 4) is 0 Å². The Bertz CT molecular complexity index is 539. The maximum Gasteiger partial charge on any atom is 0.125 e. The Hall–Kier alpha value is -2.09. The van der Waals surface area contributed by atoms with Crippen molar-refractivity contribution in [1.82, 2.24) is 0 Å². The van der Waals surface area contributed by atoms with Gasteiger partial charge in [0.1, 0.15) is 5.84 Å². The number of nitrogens with two attached hydrogens (primary N) is 1. The first-order valence-electron chi connectivity index (χ1n) is 6.61. The summed E-state index contributed by atoms with van der Waals surface area (Å²) in [5, 5.41) is 0. The largest absolute Gasteiger partial charge is 0.383 e. The van der Waals surface area contributed by atoms with Gasteiger partial charge in [-0.2, -0.15) is 0 Å². The van der Waals surface area contributed by atoms with E-state index in [-0.39, 0.29) is 0 Å². The second-order valence-electron chi connectivity index (χ2n) is 4.96. The van der Waals surface area contributed by atoms with E-state index in [0.29, 0.717) is 18.3 Å². The predicted molar refractivity (Wildman–Crippen MR) is 81.4 cm³/mol. The number of amidine groups is 1. The van der Waals surface area contributed by atoms with Crippen molar-refractivity contribution in [3.05, 3.63) is 71.3 Å². The van der Waals surface area contributed by atoms with Crippen LogP contribution in [0.15, 0.2) is 59.6 Å². The molecule has 98 valence electrons. The van der Waals surface area contributed by atoms with Crippen LogP contribution < -0.4 is 5.73 Å². The van der Waals surface area contributed by atoms with E-state index >= 15 is 0 Å². The monoisotopic (exact) mass is 252 g/mol. The van der Waals surface area contributed by atoms with Gasteiger partial charge in [0.15, 0.2) is 0 Å². The highest BCUT2D eigenvalue weighted by atomic mass is 14.8. The number of rotatable bonds is 4. The summed E-state index contributed by atoms with van der Waals surface area (Å²) >= 11 is 0. The van der Waals surface area contributed by atoms with Crippen LogP contribution in [0.2, 0.25) is 0 Å². The van der Waals surface area contributed by atoms with Crippen LogP contribution in [-0.2, 0) is 6.54 Å². The molecule has 2 rings (SSSR count). The highest BCUT2D eigenvalue weighted by Gasteiger charge is 1.99. The number of hydrogen-bond donors (Lipinski definition) is 1. The second kappa shape index (κ2) is 6.19. The number of hydrogen-bond acceptors (Lipinski definition) is 1. The summed E-state index contributed by atoms with van der Waals surface area (Å²) in [4.78, 5) is 4.43. The Morgan fingerprint density at radius 1 is 1.00 bits per heavy atom. The van der Waals surface area contributed by atoms with E-state index in [1.54, 1.807) is 0 Å². The molecule has 0 aliphatic rings. The van der Waals surface area contributed by atoms with Crippen LogP contribution in [-0.4, -0.2) is 5.84 Å². The minimum atomic E-state index is 0.562. The summed E-state index contributed by atoms with van der Waals surface area (Å²) in [6, 6.07) is 18.4. The van der Waals surface area contributed by atoms with E-state index < -0.39 is 0 Å². The van der Waals surface area contributed by atoms with E-state index in [2.05, 4.69) is 43.1 Å². The lowest BCUT2D eigenvalue weighted by Crippen LogP contribution is -2.13. The number of nitrogens with zero attached hydrogens (tertiary/aromatic N) is 1. The summed E-state index contributed by atoms with van der Waals surface area (Å²) in [5.74, 6) is 1.15. The molecule has 2 heteroatoms. The Kier molecular flexibility index (Phi) is 4.35. The quantitative estimate of drug-likeness (QED) is 0.653. The summed E-state index contributed by atoms with van der Waals surface area (Å²) in [5.41, 5.74) is 9.48. The lowest BCUT2D eigenvalue weighted by molar-refractivity contribution is 0.864. The van der Waals surface area contributed by atoms with Crippen molar-refractivity contribution in [1.29, 1.82) is 0 Å². The van der Waals surface area contributed by atoms with E-state index in [1.807, 2.05) is 30.3 Å². The van der Waals surface area contributed by atoms with E-state index in [9.17, 15) is 0 Å². The third-order valence-corrected chi connectivity index (χ3v) is 3.15. The van der Waals surface area contributed by atoms with Gasteiger partial charge in [0.2, 0.25) is 0 Å². The van der Waals surface area contributed by atoms with Crippen molar-refractivity contribution >= 4 is 5.84 Å². The fourth-order valence-electron chi connectivity index (χ4n) is 1.88. The number of benzene rings is 2. The predicted octanol–water partition coefficient (Wildman–Crippen LogP) is 3.72. The molecule has 0 saturated carbocycles. The molecular weight excluding hydrogens is 232 g/mol. The molecule has 0 atom stereocenters. The summed E-state index contributed by atoms with van der Waals surface area (Å²) in [7, 11) is 0. The molecule has 0 aromatic heterocycles. The molecule has 0 aliphatic heterocycles. The normalized spacial score (nSPS) is 11.8. The molecule has 0 unspecified atom stereocenters. The Balaban J connectivity index is 2.06. The SMILES string of the molecule is CC(C)c1ccc(CN=C(N)c2ccccc2)cc1. The van der Waals surface area contributed by atoms with Gasteiger partial charge in [-0.15, -0.1) is 0 Å². The second-order valence-corrected chi connectivity index (χ2v) is 4.96. The zero-order chi connectivity index (χ0) is 13.7. The van der Waals surface area contributed by atoms with Crippen LogP contribution in [0.3, 0.4) is 0 Å². The van der Waals surface area contributed by atoms with Crippen molar-refractivity contribution in [2.24, 2.45) is 10.7 Å². The third-order valence-electron chi connectivity index (χ3n) is 3.15. The van der Waals surface area contributed by atoms with Gasteiger partial charge in [-0.25, -0.2) is 0 Å². The zero-order valence-corrected chi connectivity index (χ0v) is 11.5. The molecule has 0 amide bonds. The topological polar surface area (TPSA) is 38.4 Å². The Labute approximate surface area is 115 Å². The van der Waals surface area contributed by atoms with E-state index in [0.717, 1.165) is 5.56 Å². The van der Waals surface area contributed by atoms with Crippen molar-refractivity contribution in [3.63, 3.8) is 0 Å². The van der Waals surface area contributed by atoms with Gasteiger partial charge >= 0.3 is 0 Å². The Morgan fingerprint density at radius 3 is 2.21 bits per heavy atom. The van der Waals surface area contributed by atoms with Crippen molar-refractivity contribution in [2.75, 3.05) is 0 Å². The van der Waals surface area contributed by atoms with Crippen LogP contribution in [0.25, 0.3) is 0 Å². The van der Waals surface area contributed by atoms with Crippen LogP contribution in [0.4, 0.5) is 0 Å². The molecule has 0 aliphatic carbocycles. The number of aliphatic imine (C=N–C) groups is 1. The molecule has 2 nitrogen and oxygen atoms in total. The first-order chi connectivity index (χ1) is 9.16. The molecule has 2 aromatic carbocycles. The first kappa shape index (κ1) is 13.3. The standard InChI is InChI=1S/C17H20N2/c1-13(2)15-10-8-14(9-11-15)12-19-17(18)16-6-4-3-5-7-16/h3-11,13H,12H2,1-2H3,(H2,18,19). The minimum Gasteiger partial charge on any atom is -0.383 e. The molecule has 0 saturated heterocycles. The molecular formula is C17H20N2. The maximum absolute atomic E-state index is 5.97. The molecule has 2 N–H and O–H groups in total. The van der Waals surface area contributed by atoms with Crippen LogP contribution in [0.5, 0.6) is 0 Å². The molecule has 0 spiro atoms. The van der Waals surface area contributed by atoms with E-state index in [1.165, 1.54) is 11.1 Å². The van der Waals surface area contributed by atoms with E-state index in [4.69, 9.17) is 5.73 Å². The average Bonchev–Trinajstić information content (AvgIpc) is 2.46. The van der Waals surface area contributed by atoms with Gasteiger partial charge in [-0.05, 0) is 17.0 Å². The molecule has 19 heavy (non-hydrogen) atoms. The van der Waals surface area contributed by atoms with Gasteiger partial charge in [0, 0.05) is 5.56 Å².